The van der Waals surface area contributed by atoms with Crippen LogP contribution in [-0.2, 0) is 4.79 Å². The minimum absolute atomic E-state index is 0.269. The van der Waals surface area contributed by atoms with E-state index < -0.39 is 0 Å². The van der Waals surface area contributed by atoms with E-state index in [0.717, 1.165) is 44.3 Å². The van der Waals surface area contributed by atoms with Gasteiger partial charge in [0.25, 0.3) is 0 Å². The molecule has 2 saturated carbocycles. The summed E-state index contributed by atoms with van der Waals surface area (Å²) in [5.74, 6) is 2.21. The number of thiol groups is 1. The van der Waals surface area contributed by atoms with Crippen LogP contribution in [-0.4, -0.2) is 54.2 Å². The van der Waals surface area contributed by atoms with Crippen LogP contribution in [0, 0.1) is 11.3 Å². The Morgan fingerprint density at radius 3 is 2.33 bits per heavy atom. The van der Waals surface area contributed by atoms with Gasteiger partial charge in [0.15, 0.2) is 0 Å². The van der Waals surface area contributed by atoms with E-state index in [-0.39, 0.29) is 5.41 Å². The van der Waals surface area contributed by atoms with Gasteiger partial charge in [0.2, 0.25) is 5.91 Å². The van der Waals surface area contributed by atoms with E-state index in [2.05, 4.69) is 22.4 Å². The predicted molar refractivity (Wildman–Crippen MR) is 75.9 cm³/mol. The summed E-state index contributed by atoms with van der Waals surface area (Å²) in [4.78, 5) is 16.8. The normalized spacial score (nSPS) is 27.3. The van der Waals surface area contributed by atoms with Crippen LogP contribution in [0.3, 0.4) is 0 Å². The van der Waals surface area contributed by atoms with Crippen molar-refractivity contribution in [2.45, 2.75) is 32.1 Å². The number of hydrogen-bond donors (Lipinski definition) is 1. The van der Waals surface area contributed by atoms with E-state index in [1.807, 2.05) is 0 Å². The molecule has 3 aliphatic rings. The van der Waals surface area contributed by atoms with Crippen LogP contribution in [0.4, 0.5) is 0 Å². The Morgan fingerprint density at radius 2 is 1.83 bits per heavy atom. The summed E-state index contributed by atoms with van der Waals surface area (Å²) in [5, 5.41) is 0. The molecule has 1 amide bonds. The van der Waals surface area contributed by atoms with Crippen molar-refractivity contribution in [3.8, 4) is 0 Å². The van der Waals surface area contributed by atoms with Crippen LogP contribution in [0.15, 0.2) is 0 Å². The molecule has 0 N–H and O–H groups in total. The van der Waals surface area contributed by atoms with Crippen molar-refractivity contribution in [1.82, 2.24) is 9.80 Å². The van der Waals surface area contributed by atoms with Crippen LogP contribution < -0.4 is 0 Å². The molecular weight excluding hydrogens is 244 g/mol. The zero-order chi connectivity index (χ0) is 12.6. The Bertz CT molecular complexity index is 318. The first-order valence-electron chi connectivity index (χ1n) is 7.32. The van der Waals surface area contributed by atoms with Crippen molar-refractivity contribution in [1.29, 1.82) is 0 Å². The molecule has 0 atom stereocenters. The van der Waals surface area contributed by atoms with Gasteiger partial charge >= 0.3 is 0 Å². The summed E-state index contributed by atoms with van der Waals surface area (Å²) in [5.41, 5.74) is 0.269. The molecule has 2 aliphatic carbocycles. The second-order valence-electron chi connectivity index (χ2n) is 6.46. The van der Waals surface area contributed by atoms with Crippen molar-refractivity contribution < 1.29 is 4.79 Å². The van der Waals surface area contributed by atoms with Crippen LogP contribution >= 0.6 is 12.6 Å². The van der Waals surface area contributed by atoms with Crippen LogP contribution in [0.5, 0.6) is 0 Å². The molecule has 0 spiro atoms. The maximum atomic E-state index is 12.2. The molecule has 0 radical (unpaired) electrons. The van der Waals surface area contributed by atoms with Crippen LogP contribution in [0.25, 0.3) is 0 Å². The molecule has 3 rings (SSSR count). The number of carbonyl (C=O) groups excluding carboxylic acids is 1. The number of rotatable bonds is 5. The summed E-state index contributed by atoms with van der Waals surface area (Å²) >= 11 is 4.38. The number of amides is 1. The Labute approximate surface area is 115 Å². The summed E-state index contributed by atoms with van der Waals surface area (Å²) in [6.45, 7) is 5.30. The predicted octanol–water partition coefficient (Wildman–Crippen LogP) is 1.64. The molecule has 1 saturated heterocycles. The Morgan fingerprint density at radius 1 is 1.17 bits per heavy atom. The lowest BCUT2D eigenvalue weighted by Crippen LogP contribution is -2.49. The second-order valence-corrected chi connectivity index (χ2v) is 6.78. The largest absolute Gasteiger partial charge is 0.340 e. The molecule has 0 unspecified atom stereocenters. The number of carbonyl (C=O) groups is 1. The van der Waals surface area contributed by atoms with Crippen molar-refractivity contribution >= 4 is 18.5 Å². The molecule has 3 nitrogen and oxygen atoms in total. The van der Waals surface area contributed by atoms with Gasteiger partial charge < -0.3 is 4.90 Å². The average Bonchev–Trinajstić information content (AvgIpc) is 3.27. The zero-order valence-corrected chi connectivity index (χ0v) is 12.0. The van der Waals surface area contributed by atoms with Gasteiger partial charge in [0.1, 0.15) is 0 Å². The molecule has 0 bridgehead atoms. The first-order valence-corrected chi connectivity index (χ1v) is 7.95. The third kappa shape index (κ3) is 3.02. The minimum atomic E-state index is 0.269. The highest BCUT2D eigenvalue weighted by molar-refractivity contribution is 7.80. The van der Waals surface area contributed by atoms with Gasteiger partial charge in [-0.25, -0.2) is 0 Å². The van der Waals surface area contributed by atoms with Crippen molar-refractivity contribution in [3.63, 3.8) is 0 Å². The monoisotopic (exact) mass is 268 g/mol. The SMILES string of the molecule is O=C(CC1(CS)CC1)N1CCN(CC2CC2)CC1. The van der Waals surface area contributed by atoms with Crippen LogP contribution in [0.2, 0.25) is 0 Å². The van der Waals surface area contributed by atoms with Crippen molar-refractivity contribution in [3.05, 3.63) is 0 Å². The minimum Gasteiger partial charge on any atom is -0.340 e. The molecule has 1 heterocycles. The maximum absolute atomic E-state index is 12.2. The second kappa shape index (κ2) is 5.04. The number of hydrogen-bond acceptors (Lipinski definition) is 3. The molecule has 102 valence electrons. The van der Waals surface area contributed by atoms with E-state index in [0.29, 0.717) is 5.91 Å². The van der Waals surface area contributed by atoms with Gasteiger partial charge in [0.05, 0.1) is 0 Å². The molecular formula is C14H24N2OS. The van der Waals surface area contributed by atoms with E-state index >= 15 is 0 Å². The molecule has 0 aromatic rings. The lowest BCUT2D eigenvalue weighted by Gasteiger charge is -2.35. The highest BCUT2D eigenvalue weighted by Crippen LogP contribution is 2.49. The lowest BCUT2D eigenvalue weighted by atomic mass is 10.0. The van der Waals surface area contributed by atoms with E-state index in [1.54, 1.807) is 0 Å². The van der Waals surface area contributed by atoms with E-state index in [9.17, 15) is 4.79 Å². The molecule has 0 aromatic heterocycles. The molecule has 1 aliphatic heterocycles. The maximum Gasteiger partial charge on any atom is 0.223 e. The van der Waals surface area contributed by atoms with Gasteiger partial charge in [-0.15, -0.1) is 0 Å². The third-order valence-corrected chi connectivity index (χ3v) is 5.43. The highest BCUT2D eigenvalue weighted by atomic mass is 32.1. The molecule has 4 heteroatoms. The molecule has 3 fully saturated rings. The van der Waals surface area contributed by atoms with Crippen molar-refractivity contribution in [2.24, 2.45) is 11.3 Å². The Balaban J connectivity index is 1.42. The zero-order valence-electron chi connectivity index (χ0n) is 11.1. The Hall–Kier alpha value is -0.220. The quantitative estimate of drug-likeness (QED) is 0.766. The topological polar surface area (TPSA) is 23.6 Å². The standard InChI is InChI=1S/C14H24N2OS/c17-13(9-14(11-18)3-4-14)16-7-5-15(6-8-16)10-12-1-2-12/h12,18H,1-11H2. The van der Waals surface area contributed by atoms with Crippen molar-refractivity contribution in [2.75, 3.05) is 38.5 Å². The van der Waals surface area contributed by atoms with Gasteiger partial charge in [-0.2, -0.15) is 12.6 Å². The van der Waals surface area contributed by atoms with E-state index in [1.165, 1.54) is 32.2 Å². The highest BCUT2D eigenvalue weighted by Gasteiger charge is 2.44. The fraction of sp³-hybridized carbons (Fsp3) is 0.929. The molecule has 0 aromatic carbocycles. The number of nitrogens with zero attached hydrogens (tertiary/aromatic N) is 2. The first kappa shape index (κ1) is 12.8. The summed E-state index contributed by atoms with van der Waals surface area (Å²) in [7, 11) is 0. The average molecular weight is 268 g/mol. The fourth-order valence-electron chi connectivity index (χ4n) is 2.85. The van der Waals surface area contributed by atoms with E-state index in [4.69, 9.17) is 0 Å². The lowest BCUT2D eigenvalue weighted by molar-refractivity contribution is -0.134. The van der Waals surface area contributed by atoms with Gasteiger partial charge in [-0.3, -0.25) is 9.69 Å². The van der Waals surface area contributed by atoms with Crippen LogP contribution in [0.1, 0.15) is 32.1 Å². The summed E-state index contributed by atoms with van der Waals surface area (Å²) in [6.07, 6.45) is 5.97. The molecule has 18 heavy (non-hydrogen) atoms. The fourth-order valence-corrected chi connectivity index (χ4v) is 3.27. The number of piperazine rings is 1. The first-order chi connectivity index (χ1) is 8.71. The summed E-state index contributed by atoms with van der Waals surface area (Å²) < 4.78 is 0. The summed E-state index contributed by atoms with van der Waals surface area (Å²) in [6, 6.07) is 0. The third-order valence-electron chi connectivity index (χ3n) is 4.76. The Kier molecular flexibility index (Phi) is 3.59. The smallest absolute Gasteiger partial charge is 0.223 e. The van der Waals surface area contributed by atoms with Gasteiger partial charge in [-0.1, -0.05) is 0 Å². The van der Waals surface area contributed by atoms with Gasteiger partial charge in [0, 0.05) is 39.1 Å². The van der Waals surface area contributed by atoms with Gasteiger partial charge in [-0.05, 0) is 42.8 Å².